The van der Waals surface area contributed by atoms with Gasteiger partial charge in [0.2, 0.25) is 0 Å². The molecule has 2 rings (SSSR count). The third-order valence-electron chi connectivity index (χ3n) is 2.62. The highest BCUT2D eigenvalue weighted by Crippen LogP contribution is 2.51. The maximum absolute atomic E-state index is 8.73. The van der Waals surface area contributed by atoms with Gasteiger partial charge in [-0.05, 0) is 6.42 Å². The Kier molecular flexibility index (Phi) is 3.77. The first-order valence-electron chi connectivity index (χ1n) is 5.52. The molecule has 1 atom stereocenters. The Labute approximate surface area is 96.2 Å². The first-order valence-corrected chi connectivity index (χ1v) is 7.36. The second kappa shape index (κ2) is 5.30. The molecule has 1 unspecified atom stereocenters. The van der Waals surface area contributed by atoms with Crippen molar-refractivity contribution < 1.29 is 4.52 Å². The van der Waals surface area contributed by atoms with Gasteiger partial charge in [0.05, 0.1) is 12.7 Å². The third-order valence-corrected chi connectivity index (χ3v) is 5.82. The van der Waals surface area contributed by atoms with Crippen LogP contribution in [0.1, 0.15) is 12.8 Å². The quantitative estimate of drug-likeness (QED) is 0.755. The summed E-state index contributed by atoms with van der Waals surface area (Å²) in [7, 11) is -1.86. The summed E-state index contributed by atoms with van der Waals surface area (Å²) in [6.07, 6.45) is 2.28. The molecule has 0 radical (unpaired) electrons. The van der Waals surface area contributed by atoms with Crippen LogP contribution in [0.3, 0.4) is 0 Å². The Hall–Kier alpha value is -1.10. The van der Waals surface area contributed by atoms with E-state index < -0.39 is 7.28 Å². The Morgan fingerprint density at radius 1 is 1.38 bits per heavy atom. The summed E-state index contributed by atoms with van der Waals surface area (Å²) in [5.74, 6) is 0. The molecule has 3 nitrogen and oxygen atoms in total. The zero-order chi connectivity index (χ0) is 11.3. The van der Waals surface area contributed by atoms with Gasteiger partial charge < -0.3 is 4.52 Å². The molecule has 0 fully saturated rings. The average molecular weight is 234 g/mol. The van der Waals surface area contributed by atoms with E-state index in [1.807, 2.05) is 18.2 Å². The molecule has 16 heavy (non-hydrogen) atoms. The lowest BCUT2D eigenvalue weighted by atomic mass is 10.4. The van der Waals surface area contributed by atoms with Crippen LogP contribution in [-0.2, 0) is 4.52 Å². The van der Waals surface area contributed by atoms with E-state index in [9.17, 15) is 0 Å². The lowest BCUT2D eigenvalue weighted by molar-refractivity contribution is 0.331. The van der Waals surface area contributed by atoms with Crippen molar-refractivity contribution in [2.75, 3.05) is 19.3 Å². The van der Waals surface area contributed by atoms with Crippen LogP contribution in [0.15, 0.2) is 35.1 Å². The van der Waals surface area contributed by atoms with Crippen LogP contribution >= 0.6 is 7.28 Å². The molecule has 1 aliphatic heterocycles. The van der Waals surface area contributed by atoms with Crippen LogP contribution in [-0.4, -0.2) is 19.3 Å². The van der Waals surface area contributed by atoms with E-state index in [0.29, 0.717) is 6.42 Å². The van der Waals surface area contributed by atoms with Crippen LogP contribution in [0.25, 0.3) is 0 Å². The van der Waals surface area contributed by atoms with Gasteiger partial charge in [-0.25, -0.2) is 0 Å². The van der Waals surface area contributed by atoms with Crippen molar-refractivity contribution in [1.82, 2.24) is 0 Å². The fourth-order valence-corrected chi connectivity index (χ4v) is 4.70. The van der Waals surface area contributed by atoms with Gasteiger partial charge in [-0.15, -0.1) is 0 Å². The number of hydrogen-bond acceptors (Lipinski definition) is 3. The van der Waals surface area contributed by atoms with Crippen molar-refractivity contribution in [2.24, 2.45) is 4.74 Å². The fourth-order valence-electron chi connectivity index (χ4n) is 1.84. The number of rotatable bonds is 3. The van der Waals surface area contributed by atoms with Crippen LogP contribution in [0.5, 0.6) is 0 Å². The highest BCUT2D eigenvalue weighted by Gasteiger charge is 2.24. The van der Waals surface area contributed by atoms with Crippen LogP contribution < -0.4 is 5.30 Å². The van der Waals surface area contributed by atoms with Gasteiger partial charge in [0, 0.05) is 24.4 Å². The summed E-state index contributed by atoms with van der Waals surface area (Å²) < 4.78 is 10.7. The summed E-state index contributed by atoms with van der Waals surface area (Å²) in [6.45, 7) is 1.64. The molecule has 0 amide bonds. The third kappa shape index (κ3) is 2.35. The van der Waals surface area contributed by atoms with Gasteiger partial charge in [-0.3, -0.25) is 4.74 Å². The molecular weight excluding hydrogens is 219 g/mol. The summed E-state index contributed by atoms with van der Waals surface area (Å²) in [5.41, 5.74) is 0. The smallest absolute Gasteiger partial charge is 0.114 e. The molecule has 1 aromatic carbocycles. The lowest BCUT2D eigenvalue weighted by Crippen LogP contribution is -2.15. The maximum atomic E-state index is 8.73. The summed E-state index contributed by atoms with van der Waals surface area (Å²) >= 11 is 0. The Morgan fingerprint density at radius 3 is 2.81 bits per heavy atom. The van der Waals surface area contributed by atoms with Crippen molar-refractivity contribution in [2.45, 2.75) is 12.8 Å². The molecule has 0 aromatic heterocycles. The minimum absolute atomic E-state index is 0.520. The van der Waals surface area contributed by atoms with E-state index in [-0.39, 0.29) is 0 Å². The standard InChI is InChI=1S/C12H15N2OP/c13-8-4-11-16(14-9-5-10-15-16)12-6-2-1-3-7-12/h1-3,6-7H,4-5,9-11H2. The van der Waals surface area contributed by atoms with Crippen molar-refractivity contribution in [3.05, 3.63) is 30.3 Å². The topological polar surface area (TPSA) is 45.4 Å². The largest absolute Gasteiger partial charge is 0.340 e. The molecule has 0 saturated carbocycles. The first-order chi connectivity index (χ1) is 7.87. The fraction of sp³-hybridized carbons (Fsp3) is 0.417. The van der Waals surface area contributed by atoms with E-state index in [1.54, 1.807) is 0 Å². The van der Waals surface area contributed by atoms with E-state index >= 15 is 0 Å². The van der Waals surface area contributed by atoms with E-state index in [4.69, 9.17) is 14.5 Å². The molecule has 0 spiro atoms. The molecular formula is C12H15N2OP. The predicted molar refractivity (Wildman–Crippen MR) is 66.0 cm³/mol. The average Bonchev–Trinajstić information content (AvgIpc) is 2.38. The monoisotopic (exact) mass is 234 g/mol. The normalized spacial score (nSPS) is 24.4. The number of benzene rings is 1. The van der Waals surface area contributed by atoms with Crippen molar-refractivity contribution in [1.29, 1.82) is 5.26 Å². The zero-order valence-electron chi connectivity index (χ0n) is 9.17. The summed E-state index contributed by atoms with van der Waals surface area (Å²) in [5, 5.41) is 9.90. The molecule has 1 aliphatic rings. The number of nitriles is 1. The number of hydrogen-bond donors (Lipinski definition) is 0. The van der Waals surface area contributed by atoms with Crippen molar-refractivity contribution in [3.8, 4) is 6.07 Å². The van der Waals surface area contributed by atoms with E-state index in [2.05, 4.69) is 18.2 Å². The summed E-state index contributed by atoms with van der Waals surface area (Å²) in [4.78, 5) is 0. The molecule has 1 aromatic rings. The SMILES string of the molecule is N#CCCP1(c2ccccc2)=NCCCO1. The Morgan fingerprint density at radius 2 is 2.19 bits per heavy atom. The molecule has 1 heterocycles. The van der Waals surface area contributed by atoms with Crippen LogP contribution in [0.2, 0.25) is 0 Å². The first kappa shape index (κ1) is 11.4. The highest BCUT2D eigenvalue weighted by atomic mass is 31.2. The van der Waals surface area contributed by atoms with Gasteiger partial charge in [0.15, 0.2) is 0 Å². The maximum Gasteiger partial charge on any atom is 0.114 e. The molecule has 0 bridgehead atoms. The lowest BCUT2D eigenvalue weighted by Gasteiger charge is -2.27. The Balaban J connectivity index is 2.35. The van der Waals surface area contributed by atoms with Crippen molar-refractivity contribution in [3.63, 3.8) is 0 Å². The van der Waals surface area contributed by atoms with Gasteiger partial charge in [0.1, 0.15) is 7.28 Å². The molecule has 84 valence electrons. The zero-order valence-corrected chi connectivity index (χ0v) is 10.1. The van der Waals surface area contributed by atoms with Crippen LogP contribution in [0.4, 0.5) is 0 Å². The highest BCUT2D eigenvalue weighted by molar-refractivity contribution is 7.69. The Bertz CT molecular complexity index is 436. The van der Waals surface area contributed by atoms with E-state index in [1.165, 1.54) is 5.30 Å². The predicted octanol–water partition coefficient (Wildman–Crippen LogP) is 2.76. The van der Waals surface area contributed by atoms with Crippen LogP contribution in [0, 0.1) is 11.3 Å². The van der Waals surface area contributed by atoms with Gasteiger partial charge in [0.25, 0.3) is 0 Å². The number of nitrogens with zero attached hydrogens (tertiary/aromatic N) is 2. The summed E-state index contributed by atoms with van der Waals surface area (Å²) in [6, 6.07) is 12.4. The molecule has 4 heteroatoms. The van der Waals surface area contributed by atoms with Gasteiger partial charge in [-0.2, -0.15) is 5.26 Å². The minimum atomic E-state index is -1.86. The van der Waals surface area contributed by atoms with E-state index in [0.717, 1.165) is 25.7 Å². The second-order valence-corrected chi connectivity index (χ2v) is 6.63. The molecule has 0 N–H and O–H groups in total. The van der Waals surface area contributed by atoms with Gasteiger partial charge in [-0.1, -0.05) is 30.3 Å². The second-order valence-electron chi connectivity index (χ2n) is 3.72. The molecule has 0 aliphatic carbocycles. The molecule has 0 saturated heterocycles. The van der Waals surface area contributed by atoms with Crippen molar-refractivity contribution >= 4 is 12.6 Å². The van der Waals surface area contributed by atoms with Gasteiger partial charge >= 0.3 is 0 Å². The minimum Gasteiger partial charge on any atom is -0.340 e.